The third kappa shape index (κ3) is 8.29. The molecular weight excluding hydrogens is 743 g/mol. The zero-order valence-electron chi connectivity index (χ0n) is 38.6. The zero-order valence-corrected chi connectivity index (χ0v) is 37.6. The van der Waals surface area contributed by atoms with Crippen LogP contribution >= 0.6 is 0 Å². The Kier molecular flexibility index (Phi) is 10.3. The molecule has 0 unspecified atom stereocenters. The summed E-state index contributed by atoms with van der Waals surface area (Å²) >= 11 is 0. The van der Waals surface area contributed by atoms with Gasteiger partial charge in [-0.25, -0.2) is 4.98 Å². The quantitative estimate of drug-likeness (QED) is 0.175. The first-order valence-electron chi connectivity index (χ1n) is 22.0. The monoisotopic (exact) mass is 802 g/mol. The van der Waals surface area contributed by atoms with E-state index in [2.05, 4.69) is 182 Å². The predicted molar refractivity (Wildman–Crippen MR) is 258 cm³/mol. The van der Waals surface area contributed by atoms with E-state index in [0.717, 1.165) is 66.9 Å². The molecule has 0 amide bonds. The standard InChI is InChI=1S/C57H59N3O/c1-36(2)39-23-28-50(48(34-39)38-21-26-44(27-22-38)56(6,7)8)60-51-17-14-16-46(53(51)59-54(60)47-15-12-13-18-52(47)61)41-31-42(33-45(32-41)57(9,10)11)49-35-40(29-30-58-49)37-19-24-43(25-20-37)55(3,4)5/h12-36,61H,1-11H3/i36D. The first-order chi connectivity index (χ1) is 29.2. The van der Waals surface area contributed by atoms with Crippen LogP contribution in [-0.4, -0.2) is 19.6 Å². The average Bonchev–Trinajstić information content (AvgIpc) is 3.62. The Labute approximate surface area is 364 Å². The molecule has 2 aromatic heterocycles. The summed E-state index contributed by atoms with van der Waals surface area (Å²) in [6.45, 7) is 24.0. The maximum Gasteiger partial charge on any atom is 0.149 e. The van der Waals surface area contributed by atoms with E-state index in [9.17, 15) is 5.11 Å². The van der Waals surface area contributed by atoms with E-state index in [0.29, 0.717) is 11.4 Å². The van der Waals surface area contributed by atoms with Gasteiger partial charge in [0.05, 0.1) is 28.0 Å². The molecule has 61 heavy (non-hydrogen) atoms. The van der Waals surface area contributed by atoms with Crippen molar-refractivity contribution in [3.8, 4) is 67.5 Å². The van der Waals surface area contributed by atoms with Crippen LogP contribution in [0.3, 0.4) is 0 Å². The smallest absolute Gasteiger partial charge is 0.149 e. The molecular formula is C57H59N3O. The average molecular weight is 803 g/mol. The first-order valence-corrected chi connectivity index (χ1v) is 21.5. The number of fused-ring (bicyclic) bond motifs is 1. The van der Waals surface area contributed by atoms with Gasteiger partial charge in [-0.15, -0.1) is 0 Å². The van der Waals surface area contributed by atoms with Crippen LogP contribution in [-0.2, 0) is 16.2 Å². The number of para-hydroxylation sites is 2. The summed E-state index contributed by atoms with van der Waals surface area (Å²) in [6, 6.07) is 48.9. The number of nitrogens with zero attached hydrogens (tertiary/aromatic N) is 3. The Morgan fingerprint density at radius 3 is 1.75 bits per heavy atom. The molecule has 0 saturated heterocycles. The number of rotatable bonds is 7. The number of pyridine rings is 1. The Morgan fingerprint density at radius 1 is 0.525 bits per heavy atom. The van der Waals surface area contributed by atoms with E-state index in [1.165, 1.54) is 16.7 Å². The van der Waals surface area contributed by atoms with E-state index in [4.69, 9.17) is 11.3 Å². The van der Waals surface area contributed by atoms with Crippen molar-refractivity contribution in [1.82, 2.24) is 14.5 Å². The number of hydrogen-bond acceptors (Lipinski definition) is 3. The highest BCUT2D eigenvalue weighted by molar-refractivity contribution is 5.97. The van der Waals surface area contributed by atoms with Gasteiger partial charge in [0.25, 0.3) is 0 Å². The van der Waals surface area contributed by atoms with Gasteiger partial charge in [0, 0.05) is 24.3 Å². The van der Waals surface area contributed by atoms with Crippen LogP contribution in [0.2, 0.25) is 0 Å². The van der Waals surface area contributed by atoms with Gasteiger partial charge in [-0.2, -0.15) is 0 Å². The lowest BCUT2D eigenvalue weighted by atomic mass is 9.83. The minimum Gasteiger partial charge on any atom is -0.507 e. The predicted octanol–water partition coefficient (Wildman–Crippen LogP) is 15.5. The maximum absolute atomic E-state index is 11.4. The van der Waals surface area contributed by atoms with Gasteiger partial charge in [-0.05, 0) is 121 Å². The van der Waals surface area contributed by atoms with Crippen LogP contribution < -0.4 is 0 Å². The summed E-state index contributed by atoms with van der Waals surface area (Å²) in [5.41, 5.74) is 16.2. The molecule has 8 rings (SSSR count). The number of benzene rings is 6. The minimum atomic E-state index is -0.815. The van der Waals surface area contributed by atoms with Crippen LogP contribution in [0.15, 0.2) is 146 Å². The Hall–Kier alpha value is -6.26. The van der Waals surface area contributed by atoms with E-state index < -0.39 is 5.89 Å². The molecule has 4 heteroatoms. The van der Waals surface area contributed by atoms with Crippen molar-refractivity contribution in [1.29, 1.82) is 0 Å². The zero-order chi connectivity index (χ0) is 44.4. The molecule has 308 valence electrons. The van der Waals surface area contributed by atoms with Gasteiger partial charge in [0.2, 0.25) is 0 Å². The molecule has 8 aromatic rings. The second-order valence-corrected chi connectivity index (χ2v) is 19.8. The number of imidazole rings is 1. The molecule has 0 aliphatic carbocycles. The van der Waals surface area contributed by atoms with Gasteiger partial charge in [-0.1, -0.05) is 161 Å². The lowest BCUT2D eigenvalue weighted by Crippen LogP contribution is -2.11. The molecule has 0 aliphatic rings. The topological polar surface area (TPSA) is 50.9 Å². The molecule has 0 aliphatic heterocycles. The van der Waals surface area contributed by atoms with E-state index in [-0.39, 0.29) is 22.0 Å². The summed E-state index contributed by atoms with van der Waals surface area (Å²) in [5.74, 6) is -0.0265. The van der Waals surface area contributed by atoms with Gasteiger partial charge in [0.1, 0.15) is 11.6 Å². The molecule has 4 nitrogen and oxygen atoms in total. The highest BCUT2D eigenvalue weighted by Gasteiger charge is 2.24. The third-order valence-electron chi connectivity index (χ3n) is 12.0. The number of phenols is 1. The van der Waals surface area contributed by atoms with Gasteiger partial charge in [0.15, 0.2) is 0 Å². The lowest BCUT2D eigenvalue weighted by Gasteiger charge is -2.22. The van der Waals surface area contributed by atoms with Crippen LogP contribution in [0.5, 0.6) is 5.75 Å². The van der Waals surface area contributed by atoms with Crippen molar-refractivity contribution in [3.05, 3.63) is 168 Å². The molecule has 6 aromatic carbocycles. The Balaban J connectivity index is 1.35. The third-order valence-corrected chi connectivity index (χ3v) is 12.0. The fourth-order valence-electron chi connectivity index (χ4n) is 8.14. The van der Waals surface area contributed by atoms with Crippen LogP contribution in [0.4, 0.5) is 0 Å². The first kappa shape index (κ1) is 40.2. The number of aromatic nitrogens is 3. The summed E-state index contributed by atoms with van der Waals surface area (Å²) in [7, 11) is 0. The van der Waals surface area contributed by atoms with Gasteiger partial charge < -0.3 is 5.11 Å². The second kappa shape index (κ2) is 15.6. The maximum atomic E-state index is 11.4. The fourth-order valence-corrected chi connectivity index (χ4v) is 8.14. The molecule has 1 N–H and O–H groups in total. The number of hydrogen-bond donors (Lipinski definition) is 1. The highest BCUT2D eigenvalue weighted by Crippen LogP contribution is 2.42. The highest BCUT2D eigenvalue weighted by atomic mass is 16.3. The van der Waals surface area contributed by atoms with E-state index in [1.54, 1.807) is 6.07 Å². The van der Waals surface area contributed by atoms with Crippen molar-refractivity contribution >= 4 is 11.0 Å². The lowest BCUT2D eigenvalue weighted by molar-refractivity contribution is 0.477. The summed E-state index contributed by atoms with van der Waals surface area (Å²) in [4.78, 5) is 10.4. The Morgan fingerprint density at radius 2 is 1.13 bits per heavy atom. The SMILES string of the molecule is [2H]C(C)(C)c1ccc(-n2c(-c3ccccc3O)nc3c(-c4cc(-c5cc(-c6ccc(C(C)(C)C)cc6)ccn5)cc(C(C)(C)C)c4)cccc32)c(-c2ccc(C(C)(C)C)cc2)c1. The molecule has 0 saturated carbocycles. The van der Waals surface area contributed by atoms with E-state index >= 15 is 0 Å². The number of phenolic OH excluding ortho intramolecular Hbond substituents is 1. The molecule has 0 radical (unpaired) electrons. The van der Waals surface area contributed by atoms with Crippen LogP contribution in [0.25, 0.3) is 72.7 Å². The molecule has 0 atom stereocenters. The molecule has 0 spiro atoms. The second-order valence-electron chi connectivity index (χ2n) is 19.8. The van der Waals surface area contributed by atoms with Crippen molar-refractivity contribution in [2.45, 2.75) is 98.3 Å². The van der Waals surface area contributed by atoms with Gasteiger partial charge in [-0.3, -0.25) is 9.55 Å². The molecule has 0 bridgehead atoms. The largest absolute Gasteiger partial charge is 0.507 e. The van der Waals surface area contributed by atoms with Crippen LogP contribution in [0.1, 0.15) is 106 Å². The van der Waals surface area contributed by atoms with Gasteiger partial charge >= 0.3 is 0 Å². The normalized spacial score (nSPS) is 12.8. The molecule has 0 fully saturated rings. The Bertz CT molecular complexity index is 2930. The minimum absolute atomic E-state index is 0.00270. The number of aromatic hydroxyl groups is 1. The summed E-state index contributed by atoms with van der Waals surface area (Å²) in [5, 5.41) is 11.4. The van der Waals surface area contributed by atoms with E-state index in [1.807, 2.05) is 38.2 Å². The van der Waals surface area contributed by atoms with Crippen molar-refractivity contribution in [2.24, 2.45) is 0 Å². The summed E-state index contributed by atoms with van der Waals surface area (Å²) < 4.78 is 11.2. The van der Waals surface area contributed by atoms with Crippen LogP contribution in [0, 0.1) is 0 Å². The summed E-state index contributed by atoms with van der Waals surface area (Å²) in [6.07, 6.45) is 1.91. The van der Waals surface area contributed by atoms with Crippen molar-refractivity contribution in [2.75, 3.05) is 0 Å². The fraction of sp³-hybridized carbons (Fsp3) is 0.263. The van der Waals surface area contributed by atoms with Crippen molar-refractivity contribution in [3.63, 3.8) is 0 Å². The molecule has 2 heterocycles. The van der Waals surface area contributed by atoms with Crippen molar-refractivity contribution < 1.29 is 6.48 Å².